The first-order chi connectivity index (χ1) is 21.3. The highest BCUT2D eigenvalue weighted by atomic mass is 16.3. The zero-order valence-electron chi connectivity index (χ0n) is 23.2. The minimum Gasteiger partial charge on any atom is -0.455 e. The Morgan fingerprint density at radius 3 is 1.67 bits per heavy atom. The molecule has 3 heterocycles. The maximum atomic E-state index is 6.79. The van der Waals surface area contributed by atoms with E-state index in [1.807, 2.05) is 0 Å². The molecule has 0 bridgehead atoms. The van der Waals surface area contributed by atoms with Gasteiger partial charge in [0.1, 0.15) is 11.2 Å². The predicted molar refractivity (Wildman–Crippen MR) is 180 cm³/mol. The van der Waals surface area contributed by atoms with Gasteiger partial charge in [-0.3, -0.25) is 0 Å². The number of para-hydroxylation sites is 4. The monoisotopic (exact) mass is 548 g/mol. The maximum absolute atomic E-state index is 6.79. The summed E-state index contributed by atoms with van der Waals surface area (Å²) in [6, 6.07) is 52.2. The quantitative estimate of drug-likeness (QED) is 0.211. The molecule has 0 radical (unpaired) electrons. The van der Waals surface area contributed by atoms with Crippen molar-refractivity contribution in [1.82, 2.24) is 9.13 Å². The van der Waals surface area contributed by atoms with Crippen molar-refractivity contribution in [2.24, 2.45) is 0 Å². The lowest BCUT2D eigenvalue weighted by Gasteiger charge is -2.10. The van der Waals surface area contributed by atoms with Crippen molar-refractivity contribution in [2.75, 3.05) is 0 Å². The van der Waals surface area contributed by atoms with E-state index in [2.05, 4.69) is 155 Å². The number of fused-ring (bicyclic) bond motifs is 12. The van der Waals surface area contributed by atoms with Crippen molar-refractivity contribution in [1.29, 1.82) is 0 Å². The second-order valence-corrected chi connectivity index (χ2v) is 11.3. The van der Waals surface area contributed by atoms with Gasteiger partial charge in [0, 0.05) is 49.1 Å². The minimum atomic E-state index is 0.895. The van der Waals surface area contributed by atoms with Crippen LogP contribution >= 0.6 is 0 Å². The van der Waals surface area contributed by atoms with Gasteiger partial charge in [0.15, 0.2) is 0 Å². The van der Waals surface area contributed by atoms with Crippen molar-refractivity contribution < 1.29 is 4.42 Å². The number of furan rings is 1. The van der Waals surface area contributed by atoms with E-state index in [-0.39, 0.29) is 0 Å². The summed E-state index contributed by atoms with van der Waals surface area (Å²) in [6.45, 7) is 0. The Morgan fingerprint density at radius 1 is 0.395 bits per heavy atom. The molecular formula is C40H24N2O. The van der Waals surface area contributed by atoms with Crippen LogP contribution in [0.2, 0.25) is 0 Å². The summed E-state index contributed by atoms with van der Waals surface area (Å²) < 4.78 is 11.5. The average Bonchev–Trinajstić information content (AvgIpc) is 3.72. The highest BCUT2D eigenvalue weighted by Gasteiger charge is 2.20. The second-order valence-electron chi connectivity index (χ2n) is 11.3. The highest BCUT2D eigenvalue weighted by Crippen LogP contribution is 2.42. The number of hydrogen-bond donors (Lipinski definition) is 0. The number of rotatable bonds is 2. The lowest BCUT2D eigenvalue weighted by molar-refractivity contribution is 0.673. The molecule has 0 amide bonds. The first kappa shape index (κ1) is 22.8. The maximum Gasteiger partial charge on any atom is 0.145 e. The van der Waals surface area contributed by atoms with Crippen LogP contribution < -0.4 is 0 Å². The van der Waals surface area contributed by atoms with E-state index in [9.17, 15) is 0 Å². The molecule has 200 valence electrons. The van der Waals surface area contributed by atoms with E-state index in [0.717, 1.165) is 38.7 Å². The van der Waals surface area contributed by atoms with Crippen LogP contribution in [0.25, 0.3) is 87.7 Å². The molecule has 43 heavy (non-hydrogen) atoms. The predicted octanol–water partition coefficient (Wildman–Crippen LogP) is 10.9. The molecule has 0 aliphatic rings. The zero-order chi connectivity index (χ0) is 28.1. The third-order valence-electron chi connectivity index (χ3n) is 9.09. The van der Waals surface area contributed by atoms with Crippen LogP contribution in [0.4, 0.5) is 0 Å². The van der Waals surface area contributed by atoms with Gasteiger partial charge in [-0.1, -0.05) is 91.0 Å². The molecule has 3 aromatic heterocycles. The van der Waals surface area contributed by atoms with Gasteiger partial charge in [-0.15, -0.1) is 0 Å². The molecule has 0 aliphatic heterocycles. The first-order valence-electron chi connectivity index (χ1n) is 14.7. The van der Waals surface area contributed by atoms with Gasteiger partial charge in [-0.25, -0.2) is 0 Å². The Balaban J connectivity index is 1.33. The highest BCUT2D eigenvalue weighted by molar-refractivity contribution is 6.27. The molecule has 3 heteroatoms. The van der Waals surface area contributed by atoms with Gasteiger partial charge in [-0.05, 0) is 60.0 Å². The summed E-state index contributed by atoms with van der Waals surface area (Å²) >= 11 is 0. The number of hydrogen-bond acceptors (Lipinski definition) is 1. The lowest BCUT2D eigenvalue weighted by Crippen LogP contribution is -1.94. The van der Waals surface area contributed by atoms with Gasteiger partial charge in [0.05, 0.1) is 22.1 Å². The summed E-state index contributed by atoms with van der Waals surface area (Å²) in [6.07, 6.45) is 0. The van der Waals surface area contributed by atoms with Gasteiger partial charge in [-0.2, -0.15) is 0 Å². The fraction of sp³-hybridized carbons (Fsp3) is 0. The second kappa shape index (κ2) is 8.37. The third-order valence-corrected chi connectivity index (χ3v) is 9.09. The minimum absolute atomic E-state index is 0.895. The normalized spacial score (nSPS) is 12.2. The molecule has 0 aliphatic carbocycles. The Bertz CT molecular complexity index is 2670. The molecule has 0 fully saturated rings. The van der Waals surface area contributed by atoms with Crippen molar-refractivity contribution in [3.05, 3.63) is 146 Å². The van der Waals surface area contributed by atoms with E-state index in [1.165, 1.54) is 49.0 Å². The van der Waals surface area contributed by atoms with Crippen LogP contribution in [0.15, 0.2) is 150 Å². The van der Waals surface area contributed by atoms with Gasteiger partial charge in [0.2, 0.25) is 0 Å². The number of nitrogens with zero attached hydrogens (tertiary/aromatic N) is 2. The largest absolute Gasteiger partial charge is 0.455 e. The van der Waals surface area contributed by atoms with Crippen LogP contribution in [0, 0.1) is 0 Å². The van der Waals surface area contributed by atoms with Gasteiger partial charge in [0.25, 0.3) is 0 Å². The smallest absolute Gasteiger partial charge is 0.145 e. The van der Waals surface area contributed by atoms with Crippen molar-refractivity contribution >= 4 is 76.3 Å². The molecule has 7 aromatic carbocycles. The van der Waals surface area contributed by atoms with E-state index in [0.29, 0.717) is 0 Å². The van der Waals surface area contributed by atoms with E-state index < -0.39 is 0 Å². The molecule has 0 saturated carbocycles. The lowest BCUT2D eigenvalue weighted by atomic mass is 10.0. The van der Waals surface area contributed by atoms with Crippen LogP contribution in [-0.4, -0.2) is 9.13 Å². The van der Waals surface area contributed by atoms with E-state index in [1.54, 1.807) is 0 Å². The van der Waals surface area contributed by atoms with Crippen molar-refractivity contribution in [3.63, 3.8) is 0 Å². The van der Waals surface area contributed by atoms with Crippen molar-refractivity contribution in [2.45, 2.75) is 0 Å². The Labute approximate surface area is 246 Å². The molecule has 0 atom stereocenters. The summed E-state index contributed by atoms with van der Waals surface area (Å²) in [4.78, 5) is 0. The van der Waals surface area contributed by atoms with Crippen molar-refractivity contribution in [3.8, 4) is 11.4 Å². The standard InChI is InChI=1S/C40H24N2O/c1-2-10-26(11-3-1)42-36-17-9-6-14-30(36)31-21-18-25-19-22-32-33-24-27(20-23-37(33)43-40(32)38(25)39(31)42)41-34-15-7-4-12-28(34)29-13-5-8-16-35(29)41/h1-24H. The number of aromatic nitrogens is 2. The number of benzene rings is 7. The molecule has 10 rings (SSSR count). The molecule has 0 spiro atoms. The third kappa shape index (κ3) is 3.03. The molecule has 3 nitrogen and oxygen atoms in total. The van der Waals surface area contributed by atoms with Gasteiger partial charge >= 0.3 is 0 Å². The topological polar surface area (TPSA) is 23.0 Å². The van der Waals surface area contributed by atoms with Gasteiger partial charge < -0.3 is 13.6 Å². The Hall–Kier alpha value is -5.80. The average molecular weight is 549 g/mol. The van der Waals surface area contributed by atoms with Crippen LogP contribution in [0.1, 0.15) is 0 Å². The zero-order valence-corrected chi connectivity index (χ0v) is 23.2. The first-order valence-corrected chi connectivity index (χ1v) is 14.7. The summed E-state index contributed by atoms with van der Waals surface area (Å²) in [5, 5.41) is 9.55. The van der Waals surface area contributed by atoms with E-state index in [4.69, 9.17) is 4.42 Å². The van der Waals surface area contributed by atoms with Crippen LogP contribution in [-0.2, 0) is 0 Å². The molecule has 0 saturated heterocycles. The fourth-order valence-electron chi connectivity index (χ4n) is 7.26. The van der Waals surface area contributed by atoms with Crippen LogP contribution in [0.3, 0.4) is 0 Å². The molecule has 10 aromatic rings. The SMILES string of the molecule is c1ccc(-n2c3ccccc3c3ccc4ccc5c6cc(-n7c8ccccc8c8ccccc87)ccc6oc5c4c32)cc1. The summed E-state index contributed by atoms with van der Waals surface area (Å²) in [7, 11) is 0. The molecule has 0 unspecified atom stereocenters. The Morgan fingerprint density at radius 2 is 0.977 bits per heavy atom. The molecular weight excluding hydrogens is 524 g/mol. The molecule has 0 N–H and O–H groups in total. The van der Waals surface area contributed by atoms with E-state index >= 15 is 0 Å². The summed E-state index contributed by atoms with van der Waals surface area (Å²) in [5.74, 6) is 0. The van der Waals surface area contributed by atoms with Crippen LogP contribution in [0.5, 0.6) is 0 Å². The Kier molecular flexibility index (Phi) is 4.45. The summed E-state index contributed by atoms with van der Waals surface area (Å²) in [5.41, 5.74) is 8.87. The fourth-order valence-corrected chi connectivity index (χ4v) is 7.26.